The third kappa shape index (κ3) is 3.82. The fraction of sp³-hybridized carbons (Fsp3) is 0.250. The second-order valence-corrected chi connectivity index (χ2v) is 6.01. The van der Waals surface area contributed by atoms with Crippen molar-refractivity contribution in [3.05, 3.63) is 83.7 Å². The van der Waals surface area contributed by atoms with E-state index >= 15 is 0 Å². The van der Waals surface area contributed by atoms with Crippen LogP contribution in [0.4, 0.5) is 9.18 Å². The SMILES string of the molecule is C=C1CCN(C(=O)OCc2ccccc2)C(c2ccc(F)cc2)C1. The number of benzene rings is 2. The van der Waals surface area contributed by atoms with Crippen molar-refractivity contribution < 1.29 is 13.9 Å². The van der Waals surface area contributed by atoms with E-state index in [-0.39, 0.29) is 24.6 Å². The Morgan fingerprint density at radius 1 is 1.17 bits per heavy atom. The highest BCUT2D eigenvalue weighted by Gasteiger charge is 2.30. The van der Waals surface area contributed by atoms with Crippen LogP contribution < -0.4 is 0 Å². The van der Waals surface area contributed by atoms with E-state index in [1.807, 2.05) is 30.3 Å². The Hall–Kier alpha value is -2.62. The minimum Gasteiger partial charge on any atom is -0.445 e. The largest absolute Gasteiger partial charge is 0.445 e. The second-order valence-electron chi connectivity index (χ2n) is 6.01. The Balaban J connectivity index is 1.72. The summed E-state index contributed by atoms with van der Waals surface area (Å²) in [4.78, 5) is 14.2. The molecule has 3 nitrogen and oxygen atoms in total. The highest BCUT2D eigenvalue weighted by molar-refractivity contribution is 5.69. The maximum Gasteiger partial charge on any atom is 0.410 e. The van der Waals surface area contributed by atoms with Crippen LogP contribution in [0, 0.1) is 5.82 Å². The molecular formula is C20H20FNO2. The van der Waals surface area contributed by atoms with Gasteiger partial charge in [-0.15, -0.1) is 0 Å². The van der Waals surface area contributed by atoms with Crippen molar-refractivity contribution in [1.29, 1.82) is 0 Å². The molecule has 2 aromatic carbocycles. The maximum absolute atomic E-state index is 13.2. The molecule has 3 rings (SSSR count). The van der Waals surface area contributed by atoms with Gasteiger partial charge in [0, 0.05) is 6.54 Å². The van der Waals surface area contributed by atoms with Crippen LogP contribution >= 0.6 is 0 Å². The zero-order valence-electron chi connectivity index (χ0n) is 13.5. The molecular weight excluding hydrogens is 305 g/mol. The number of nitrogens with zero attached hydrogens (tertiary/aromatic N) is 1. The highest BCUT2D eigenvalue weighted by atomic mass is 19.1. The molecule has 124 valence electrons. The molecule has 0 spiro atoms. The minimum atomic E-state index is -0.347. The first-order valence-electron chi connectivity index (χ1n) is 8.03. The summed E-state index contributed by atoms with van der Waals surface area (Å²) in [5.74, 6) is -0.286. The van der Waals surface area contributed by atoms with E-state index in [2.05, 4.69) is 6.58 Å². The zero-order valence-corrected chi connectivity index (χ0v) is 13.5. The fourth-order valence-corrected chi connectivity index (χ4v) is 2.92. The number of hydrogen-bond acceptors (Lipinski definition) is 2. The molecule has 0 bridgehead atoms. The molecule has 1 fully saturated rings. The lowest BCUT2D eigenvalue weighted by molar-refractivity contribution is 0.0747. The molecule has 1 unspecified atom stereocenters. The number of carbonyl (C=O) groups is 1. The molecule has 4 heteroatoms. The first-order valence-corrected chi connectivity index (χ1v) is 8.03. The molecule has 0 aliphatic carbocycles. The van der Waals surface area contributed by atoms with E-state index in [0.717, 1.165) is 23.1 Å². The van der Waals surface area contributed by atoms with Gasteiger partial charge in [0.2, 0.25) is 0 Å². The smallest absolute Gasteiger partial charge is 0.410 e. The van der Waals surface area contributed by atoms with Gasteiger partial charge < -0.3 is 9.64 Å². The molecule has 24 heavy (non-hydrogen) atoms. The summed E-state index contributed by atoms with van der Waals surface area (Å²) < 4.78 is 18.6. The summed E-state index contributed by atoms with van der Waals surface area (Å²) in [5, 5.41) is 0. The predicted octanol–water partition coefficient (Wildman–Crippen LogP) is 4.86. The van der Waals surface area contributed by atoms with Gasteiger partial charge in [-0.2, -0.15) is 0 Å². The van der Waals surface area contributed by atoms with E-state index < -0.39 is 0 Å². The standard InChI is InChI=1S/C20H20FNO2/c1-15-11-12-22(19(13-15)17-7-9-18(21)10-8-17)20(23)24-14-16-5-3-2-4-6-16/h2-10,19H,1,11-14H2. The Kier molecular flexibility index (Phi) is 4.94. The van der Waals surface area contributed by atoms with Crippen LogP contribution in [0.25, 0.3) is 0 Å². The van der Waals surface area contributed by atoms with Crippen LogP contribution in [-0.2, 0) is 11.3 Å². The number of piperidine rings is 1. The number of hydrogen-bond donors (Lipinski definition) is 0. The third-order valence-corrected chi connectivity index (χ3v) is 4.26. The first kappa shape index (κ1) is 16.2. The molecule has 1 amide bonds. The number of halogens is 1. The van der Waals surface area contributed by atoms with Gasteiger partial charge in [-0.1, -0.05) is 54.6 Å². The number of ether oxygens (including phenoxy) is 1. The summed E-state index contributed by atoms with van der Waals surface area (Å²) in [6.45, 7) is 4.85. The second kappa shape index (κ2) is 7.30. The third-order valence-electron chi connectivity index (χ3n) is 4.26. The molecule has 1 saturated heterocycles. The molecule has 2 aromatic rings. The van der Waals surface area contributed by atoms with E-state index in [0.29, 0.717) is 13.0 Å². The van der Waals surface area contributed by atoms with Gasteiger partial charge in [-0.05, 0) is 36.1 Å². The molecule has 1 aliphatic heterocycles. The van der Waals surface area contributed by atoms with Crippen molar-refractivity contribution in [3.63, 3.8) is 0 Å². The monoisotopic (exact) mass is 325 g/mol. The number of carbonyl (C=O) groups excluding carboxylic acids is 1. The summed E-state index contributed by atoms with van der Waals surface area (Å²) in [5.41, 5.74) is 2.94. The van der Waals surface area contributed by atoms with Gasteiger partial charge in [0.25, 0.3) is 0 Å². The van der Waals surface area contributed by atoms with Crippen molar-refractivity contribution in [2.75, 3.05) is 6.54 Å². The van der Waals surface area contributed by atoms with Gasteiger partial charge in [0.05, 0.1) is 6.04 Å². The van der Waals surface area contributed by atoms with Crippen LogP contribution in [0.1, 0.15) is 30.0 Å². The first-order chi connectivity index (χ1) is 11.6. The van der Waals surface area contributed by atoms with Crippen molar-refractivity contribution in [2.24, 2.45) is 0 Å². The normalized spacial score (nSPS) is 17.6. The summed E-state index contributed by atoms with van der Waals surface area (Å²) in [6, 6.07) is 15.7. The van der Waals surface area contributed by atoms with E-state index in [1.165, 1.54) is 12.1 Å². The molecule has 0 saturated carbocycles. The topological polar surface area (TPSA) is 29.5 Å². The Morgan fingerprint density at radius 2 is 1.88 bits per heavy atom. The Bertz CT molecular complexity index is 712. The van der Waals surface area contributed by atoms with Crippen LogP contribution in [0.3, 0.4) is 0 Å². The maximum atomic E-state index is 13.2. The van der Waals surface area contributed by atoms with Crippen molar-refractivity contribution in [2.45, 2.75) is 25.5 Å². The molecule has 0 aromatic heterocycles. The van der Waals surface area contributed by atoms with Crippen molar-refractivity contribution in [3.8, 4) is 0 Å². The van der Waals surface area contributed by atoms with Gasteiger partial charge in [0.1, 0.15) is 12.4 Å². The van der Waals surface area contributed by atoms with Crippen molar-refractivity contribution in [1.82, 2.24) is 4.90 Å². The molecule has 1 heterocycles. The van der Waals surface area contributed by atoms with Gasteiger partial charge in [-0.3, -0.25) is 0 Å². The summed E-state index contributed by atoms with van der Waals surface area (Å²) in [7, 11) is 0. The van der Waals surface area contributed by atoms with Crippen LogP contribution in [0.2, 0.25) is 0 Å². The fourth-order valence-electron chi connectivity index (χ4n) is 2.92. The average Bonchev–Trinajstić information content (AvgIpc) is 2.61. The lowest BCUT2D eigenvalue weighted by Gasteiger charge is -2.36. The molecule has 1 aliphatic rings. The average molecular weight is 325 g/mol. The van der Waals surface area contributed by atoms with Gasteiger partial charge >= 0.3 is 6.09 Å². The molecule has 0 radical (unpaired) electrons. The van der Waals surface area contributed by atoms with Gasteiger partial charge in [-0.25, -0.2) is 9.18 Å². The Morgan fingerprint density at radius 3 is 2.58 bits per heavy atom. The number of likely N-dealkylation sites (tertiary alicyclic amines) is 1. The van der Waals surface area contributed by atoms with Crippen LogP contribution in [0.5, 0.6) is 0 Å². The Labute approximate surface area is 141 Å². The number of amides is 1. The quantitative estimate of drug-likeness (QED) is 0.755. The minimum absolute atomic E-state index is 0.157. The summed E-state index contributed by atoms with van der Waals surface area (Å²) >= 11 is 0. The number of rotatable bonds is 3. The van der Waals surface area contributed by atoms with Gasteiger partial charge in [0.15, 0.2) is 0 Å². The van der Waals surface area contributed by atoms with Crippen LogP contribution in [-0.4, -0.2) is 17.5 Å². The lowest BCUT2D eigenvalue weighted by atomic mass is 9.93. The lowest BCUT2D eigenvalue weighted by Crippen LogP contribution is -2.39. The molecule has 1 atom stereocenters. The van der Waals surface area contributed by atoms with E-state index in [9.17, 15) is 9.18 Å². The zero-order chi connectivity index (χ0) is 16.9. The van der Waals surface area contributed by atoms with E-state index in [4.69, 9.17) is 4.74 Å². The highest BCUT2D eigenvalue weighted by Crippen LogP contribution is 2.33. The van der Waals surface area contributed by atoms with E-state index in [1.54, 1.807) is 17.0 Å². The molecule has 0 N–H and O–H groups in total. The predicted molar refractivity (Wildman–Crippen MR) is 90.8 cm³/mol. The summed E-state index contributed by atoms with van der Waals surface area (Å²) in [6.07, 6.45) is 1.09. The van der Waals surface area contributed by atoms with Crippen LogP contribution in [0.15, 0.2) is 66.7 Å². The van der Waals surface area contributed by atoms with Crippen molar-refractivity contribution >= 4 is 6.09 Å².